The molecule has 0 saturated carbocycles. The lowest BCUT2D eigenvalue weighted by Crippen LogP contribution is -2.29. The molecule has 0 radical (unpaired) electrons. The Morgan fingerprint density at radius 3 is 2.91 bits per heavy atom. The molecule has 0 aliphatic heterocycles. The molecule has 0 atom stereocenters. The number of halogens is 1. The van der Waals surface area contributed by atoms with E-state index in [1.54, 1.807) is 41.0 Å². The third-order valence-corrected chi connectivity index (χ3v) is 3.35. The van der Waals surface area contributed by atoms with Crippen LogP contribution >= 0.6 is 11.6 Å². The van der Waals surface area contributed by atoms with E-state index in [9.17, 15) is 4.79 Å². The monoisotopic (exact) mass is 319 g/mol. The van der Waals surface area contributed by atoms with Crippen LogP contribution in [0.1, 0.15) is 5.56 Å². The van der Waals surface area contributed by atoms with Crippen LogP contribution in [0.4, 0.5) is 0 Å². The summed E-state index contributed by atoms with van der Waals surface area (Å²) in [6.45, 7) is 0.855. The van der Waals surface area contributed by atoms with E-state index >= 15 is 0 Å². The zero-order chi connectivity index (χ0) is 15.9. The summed E-state index contributed by atoms with van der Waals surface area (Å²) >= 11 is 6.00. The minimum absolute atomic E-state index is 0.0911. The molecule has 2 aromatic rings. The van der Waals surface area contributed by atoms with Gasteiger partial charge in [0.2, 0.25) is 5.91 Å². The molecule has 0 N–H and O–H groups in total. The van der Waals surface area contributed by atoms with Crippen molar-refractivity contribution in [3.05, 3.63) is 53.3 Å². The van der Waals surface area contributed by atoms with Crippen LogP contribution in [0.15, 0.2) is 42.7 Å². The summed E-state index contributed by atoms with van der Waals surface area (Å²) in [5, 5.41) is 4.60. The number of likely N-dealkylation sites (N-methyl/N-ethyl adjacent to an activating group) is 1. The minimum Gasteiger partial charge on any atom is -0.490 e. The first-order valence-corrected chi connectivity index (χ1v) is 7.23. The SMILES string of the molecule is CN(CCOc1ccccc1Cl)C(=O)/C=C/c1cnn(C)c1. The van der Waals surface area contributed by atoms with Gasteiger partial charge in [-0.3, -0.25) is 9.48 Å². The van der Waals surface area contributed by atoms with Crippen molar-refractivity contribution in [1.29, 1.82) is 0 Å². The van der Waals surface area contributed by atoms with E-state index in [4.69, 9.17) is 16.3 Å². The molecule has 6 heteroatoms. The Hall–Kier alpha value is -2.27. The van der Waals surface area contributed by atoms with Gasteiger partial charge in [0.25, 0.3) is 0 Å². The molecular formula is C16H18ClN3O2. The van der Waals surface area contributed by atoms with E-state index in [0.717, 1.165) is 5.56 Å². The van der Waals surface area contributed by atoms with E-state index in [1.807, 2.05) is 25.4 Å². The van der Waals surface area contributed by atoms with Gasteiger partial charge in [-0.2, -0.15) is 5.10 Å². The highest BCUT2D eigenvalue weighted by atomic mass is 35.5. The van der Waals surface area contributed by atoms with Gasteiger partial charge in [-0.05, 0) is 18.2 Å². The second-order valence-electron chi connectivity index (χ2n) is 4.82. The maximum atomic E-state index is 12.0. The molecule has 0 aliphatic carbocycles. The number of benzene rings is 1. The Morgan fingerprint density at radius 1 is 1.45 bits per heavy atom. The molecule has 0 spiro atoms. The topological polar surface area (TPSA) is 47.4 Å². The van der Waals surface area contributed by atoms with Crippen LogP contribution in [0, 0.1) is 0 Å². The van der Waals surface area contributed by atoms with Gasteiger partial charge in [0, 0.05) is 31.9 Å². The quantitative estimate of drug-likeness (QED) is 0.769. The number of para-hydroxylation sites is 1. The van der Waals surface area contributed by atoms with Crippen molar-refractivity contribution in [2.45, 2.75) is 0 Å². The highest BCUT2D eigenvalue weighted by Crippen LogP contribution is 2.22. The maximum absolute atomic E-state index is 12.0. The number of nitrogens with zero attached hydrogens (tertiary/aromatic N) is 3. The van der Waals surface area contributed by atoms with Crippen molar-refractivity contribution in [2.75, 3.05) is 20.2 Å². The van der Waals surface area contributed by atoms with Crippen molar-refractivity contribution in [3.63, 3.8) is 0 Å². The normalized spacial score (nSPS) is 10.9. The molecule has 1 aromatic heterocycles. The lowest BCUT2D eigenvalue weighted by molar-refractivity contribution is -0.125. The summed E-state index contributed by atoms with van der Waals surface area (Å²) in [5.41, 5.74) is 0.886. The van der Waals surface area contributed by atoms with Gasteiger partial charge in [-0.1, -0.05) is 23.7 Å². The molecule has 0 aliphatic rings. The Bertz CT molecular complexity index is 667. The Morgan fingerprint density at radius 2 is 2.23 bits per heavy atom. The number of carbonyl (C=O) groups is 1. The highest BCUT2D eigenvalue weighted by Gasteiger charge is 2.06. The number of ether oxygens (including phenoxy) is 1. The van der Waals surface area contributed by atoms with Crippen molar-refractivity contribution in [3.8, 4) is 5.75 Å². The molecule has 1 aromatic carbocycles. The predicted molar refractivity (Wildman–Crippen MR) is 86.8 cm³/mol. The molecule has 22 heavy (non-hydrogen) atoms. The maximum Gasteiger partial charge on any atom is 0.246 e. The van der Waals surface area contributed by atoms with Crippen LogP contribution in [0.25, 0.3) is 6.08 Å². The number of aromatic nitrogens is 2. The smallest absolute Gasteiger partial charge is 0.246 e. The van der Waals surface area contributed by atoms with Crippen LogP contribution in [0.5, 0.6) is 5.75 Å². The largest absolute Gasteiger partial charge is 0.490 e. The third-order valence-electron chi connectivity index (χ3n) is 3.04. The Balaban J connectivity index is 1.79. The lowest BCUT2D eigenvalue weighted by Gasteiger charge is -2.15. The number of rotatable bonds is 6. The van der Waals surface area contributed by atoms with Crippen molar-refractivity contribution < 1.29 is 9.53 Å². The fourth-order valence-electron chi connectivity index (χ4n) is 1.79. The first-order chi connectivity index (χ1) is 10.6. The van der Waals surface area contributed by atoms with Crippen LogP contribution in [-0.4, -0.2) is 40.8 Å². The molecule has 2 rings (SSSR count). The van der Waals surface area contributed by atoms with Crippen molar-refractivity contribution in [1.82, 2.24) is 14.7 Å². The fourth-order valence-corrected chi connectivity index (χ4v) is 1.98. The van der Waals surface area contributed by atoms with Gasteiger partial charge >= 0.3 is 0 Å². The molecular weight excluding hydrogens is 302 g/mol. The average molecular weight is 320 g/mol. The number of carbonyl (C=O) groups excluding carboxylic acids is 1. The third kappa shape index (κ3) is 4.63. The summed E-state index contributed by atoms with van der Waals surface area (Å²) in [6.07, 6.45) is 6.79. The standard InChI is InChI=1S/C16H18ClN3O2/c1-19(9-10-22-15-6-4-3-5-14(15)17)16(21)8-7-13-11-18-20(2)12-13/h3-8,11-12H,9-10H2,1-2H3/b8-7+. The predicted octanol–water partition coefficient (Wildman–Crippen LogP) is 2.62. The second-order valence-corrected chi connectivity index (χ2v) is 5.23. The number of aryl methyl sites for hydroxylation is 1. The Kier molecular flexibility index (Phi) is 5.61. The molecule has 0 unspecified atom stereocenters. The summed E-state index contributed by atoms with van der Waals surface area (Å²) in [7, 11) is 3.56. The van der Waals surface area contributed by atoms with E-state index in [1.165, 1.54) is 6.08 Å². The van der Waals surface area contributed by atoms with Gasteiger partial charge < -0.3 is 9.64 Å². The molecule has 116 valence electrons. The zero-order valence-corrected chi connectivity index (χ0v) is 13.3. The van der Waals surface area contributed by atoms with E-state index in [0.29, 0.717) is 23.9 Å². The first kappa shape index (κ1) is 16.1. The summed E-state index contributed by atoms with van der Waals surface area (Å²) < 4.78 is 7.25. The van der Waals surface area contributed by atoms with Gasteiger partial charge in [0.15, 0.2) is 0 Å². The van der Waals surface area contributed by atoms with Gasteiger partial charge in [0.05, 0.1) is 17.8 Å². The summed E-state index contributed by atoms with van der Waals surface area (Å²) in [4.78, 5) is 13.5. The molecule has 5 nitrogen and oxygen atoms in total. The summed E-state index contributed by atoms with van der Waals surface area (Å²) in [6, 6.07) is 7.26. The lowest BCUT2D eigenvalue weighted by atomic mass is 10.3. The van der Waals surface area contributed by atoms with E-state index < -0.39 is 0 Å². The van der Waals surface area contributed by atoms with E-state index in [-0.39, 0.29) is 5.91 Å². The van der Waals surface area contributed by atoms with Crippen LogP contribution < -0.4 is 4.74 Å². The van der Waals surface area contributed by atoms with Crippen molar-refractivity contribution >= 4 is 23.6 Å². The molecule has 1 heterocycles. The van der Waals surface area contributed by atoms with E-state index in [2.05, 4.69) is 5.10 Å². The molecule has 0 bridgehead atoms. The van der Waals surface area contributed by atoms with Crippen molar-refractivity contribution in [2.24, 2.45) is 7.05 Å². The highest BCUT2D eigenvalue weighted by molar-refractivity contribution is 6.32. The minimum atomic E-state index is -0.0911. The Labute approximate surface area is 134 Å². The number of amides is 1. The summed E-state index contributed by atoms with van der Waals surface area (Å²) in [5.74, 6) is 0.530. The zero-order valence-electron chi connectivity index (χ0n) is 12.6. The average Bonchev–Trinajstić information content (AvgIpc) is 2.92. The second kappa shape index (κ2) is 7.66. The number of hydrogen-bond acceptors (Lipinski definition) is 3. The number of hydrogen-bond donors (Lipinski definition) is 0. The van der Waals surface area contributed by atoms with Gasteiger partial charge in [0.1, 0.15) is 12.4 Å². The van der Waals surface area contributed by atoms with Crippen LogP contribution in [0.2, 0.25) is 5.02 Å². The first-order valence-electron chi connectivity index (χ1n) is 6.85. The van der Waals surface area contributed by atoms with Crippen LogP contribution in [-0.2, 0) is 11.8 Å². The van der Waals surface area contributed by atoms with Gasteiger partial charge in [-0.25, -0.2) is 0 Å². The van der Waals surface area contributed by atoms with Crippen LogP contribution in [0.3, 0.4) is 0 Å². The molecule has 0 saturated heterocycles. The van der Waals surface area contributed by atoms with Gasteiger partial charge in [-0.15, -0.1) is 0 Å². The molecule has 0 fully saturated rings. The molecule has 1 amide bonds. The fraction of sp³-hybridized carbons (Fsp3) is 0.250.